The van der Waals surface area contributed by atoms with Crippen molar-refractivity contribution in [1.29, 1.82) is 0 Å². The topological polar surface area (TPSA) is 75.9 Å². The molecule has 1 aliphatic heterocycles. The molecule has 2 aromatic rings. The van der Waals surface area contributed by atoms with E-state index in [9.17, 15) is 4.79 Å². The number of carbonyl (C=O) groups is 1. The molecule has 128 valence electrons. The lowest BCUT2D eigenvalue weighted by Gasteiger charge is -2.31. The largest absolute Gasteiger partial charge is 0.348 e. The standard InChI is InChI=1S/C16H22N6OS/c23-15(18-12-3-1-2-4-12)14-11-22(20-19-14)13-5-8-21(9-6-13)16-17-7-10-24-16/h7,10-13H,1-6,8-9H2,(H,18,23). The van der Waals surface area contributed by atoms with E-state index >= 15 is 0 Å². The quantitative estimate of drug-likeness (QED) is 0.919. The van der Waals surface area contributed by atoms with Gasteiger partial charge in [0.25, 0.3) is 5.91 Å². The third kappa shape index (κ3) is 3.28. The Hall–Kier alpha value is -1.96. The van der Waals surface area contributed by atoms with Crippen molar-refractivity contribution in [2.24, 2.45) is 0 Å². The van der Waals surface area contributed by atoms with Gasteiger partial charge in [0.1, 0.15) is 0 Å². The summed E-state index contributed by atoms with van der Waals surface area (Å²) < 4.78 is 1.86. The third-order valence-corrected chi connectivity index (χ3v) is 5.79. The maximum absolute atomic E-state index is 12.3. The molecule has 0 spiro atoms. The lowest BCUT2D eigenvalue weighted by atomic mass is 10.1. The van der Waals surface area contributed by atoms with Gasteiger partial charge in [-0.3, -0.25) is 4.79 Å². The lowest BCUT2D eigenvalue weighted by molar-refractivity contribution is 0.0932. The Kier molecular flexibility index (Phi) is 4.46. The number of piperidine rings is 1. The van der Waals surface area contributed by atoms with Gasteiger partial charge in [0.15, 0.2) is 10.8 Å². The first kappa shape index (κ1) is 15.6. The molecule has 0 bridgehead atoms. The van der Waals surface area contributed by atoms with Crippen LogP contribution >= 0.6 is 11.3 Å². The minimum atomic E-state index is -0.0895. The molecule has 1 saturated carbocycles. The van der Waals surface area contributed by atoms with Crippen LogP contribution < -0.4 is 10.2 Å². The minimum absolute atomic E-state index is 0.0895. The molecule has 24 heavy (non-hydrogen) atoms. The molecule has 2 fully saturated rings. The second-order valence-electron chi connectivity index (χ2n) is 6.57. The van der Waals surface area contributed by atoms with Crippen molar-refractivity contribution in [2.75, 3.05) is 18.0 Å². The molecule has 1 saturated heterocycles. The van der Waals surface area contributed by atoms with Crippen molar-refractivity contribution in [2.45, 2.75) is 50.6 Å². The Balaban J connectivity index is 1.34. The highest BCUT2D eigenvalue weighted by Crippen LogP contribution is 2.27. The average molecular weight is 346 g/mol. The van der Waals surface area contributed by atoms with Crippen LogP contribution in [-0.2, 0) is 0 Å². The number of rotatable bonds is 4. The van der Waals surface area contributed by atoms with Gasteiger partial charge in [-0.05, 0) is 25.7 Å². The predicted molar refractivity (Wildman–Crippen MR) is 92.3 cm³/mol. The van der Waals surface area contributed by atoms with Crippen molar-refractivity contribution >= 4 is 22.4 Å². The summed E-state index contributed by atoms with van der Waals surface area (Å²) in [4.78, 5) is 18.9. The molecule has 7 nitrogen and oxygen atoms in total. The minimum Gasteiger partial charge on any atom is -0.348 e. The molecule has 0 radical (unpaired) electrons. The number of thiazole rings is 1. The van der Waals surface area contributed by atoms with Crippen LogP contribution in [-0.4, -0.2) is 45.0 Å². The normalized spacial score (nSPS) is 19.8. The maximum Gasteiger partial charge on any atom is 0.273 e. The molecule has 0 atom stereocenters. The Morgan fingerprint density at radius 3 is 2.71 bits per heavy atom. The Bertz CT molecular complexity index is 671. The predicted octanol–water partition coefficient (Wildman–Crippen LogP) is 2.25. The lowest BCUT2D eigenvalue weighted by Crippen LogP contribution is -2.34. The maximum atomic E-state index is 12.3. The van der Waals surface area contributed by atoms with Crippen molar-refractivity contribution in [1.82, 2.24) is 25.3 Å². The van der Waals surface area contributed by atoms with Gasteiger partial charge in [-0.15, -0.1) is 16.4 Å². The van der Waals surface area contributed by atoms with Gasteiger partial charge in [-0.1, -0.05) is 18.1 Å². The molecule has 3 heterocycles. The summed E-state index contributed by atoms with van der Waals surface area (Å²) in [5.41, 5.74) is 0.434. The first-order chi connectivity index (χ1) is 11.8. The molecule has 0 unspecified atom stereocenters. The Morgan fingerprint density at radius 1 is 1.21 bits per heavy atom. The number of hydrogen-bond donors (Lipinski definition) is 1. The molecule has 4 rings (SSSR count). The Morgan fingerprint density at radius 2 is 2.00 bits per heavy atom. The molecular formula is C16H22N6OS. The number of aromatic nitrogens is 4. The van der Waals surface area contributed by atoms with Crippen LogP contribution in [0.4, 0.5) is 5.13 Å². The summed E-state index contributed by atoms with van der Waals surface area (Å²) in [7, 11) is 0. The van der Waals surface area contributed by atoms with Gasteiger partial charge in [0, 0.05) is 30.7 Å². The zero-order valence-electron chi connectivity index (χ0n) is 13.6. The van der Waals surface area contributed by atoms with Crippen molar-refractivity contribution in [3.05, 3.63) is 23.5 Å². The summed E-state index contributed by atoms with van der Waals surface area (Å²) in [6.07, 6.45) is 10.2. The van der Waals surface area contributed by atoms with Gasteiger partial charge in [-0.25, -0.2) is 9.67 Å². The molecule has 1 N–H and O–H groups in total. The highest BCUT2D eigenvalue weighted by Gasteiger charge is 2.25. The molecule has 0 aromatic carbocycles. The van der Waals surface area contributed by atoms with Crippen LogP contribution in [0.5, 0.6) is 0 Å². The monoisotopic (exact) mass is 346 g/mol. The van der Waals surface area contributed by atoms with E-state index in [1.807, 2.05) is 16.3 Å². The second kappa shape index (κ2) is 6.88. The van der Waals surface area contributed by atoms with Crippen molar-refractivity contribution in [3.8, 4) is 0 Å². The summed E-state index contributed by atoms with van der Waals surface area (Å²) in [6.45, 7) is 1.92. The van der Waals surface area contributed by atoms with E-state index in [2.05, 4.69) is 25.5 Å². The van der Waals surface area contributed by atoms with Crippen LogP contribution in [0.1, 0.15) is 55.1 Å². The summed E-state index contributed by atoms with van der Waals surface area (Å²) in [6, 6.07) is 0.617. The van der Waals surface area contributed by atoms with Gasteiger partial charge in [0.05, 0.1) is 12.2 Å². The molecule has 1 amide bonds. The van der Waals surface area contributed by atoms with Crippen molar-refractivity contribution in [3.63, 3.8) is 0 Å². The number of nitrogens with one attached hydrogen (secondary N) is 1. The fourth-order valence-corrected chi connectivity index (χ4v) is 4.28. The van der Waals surface area contributed by atoms with E-state index in [-0.39, 0.29) is 5.91 Å². The Labute approximate surface area is 145 Å². The fraction of sp³-hybridized carbons (Fsp3) is 0.625. The zero-order chi connectivity index (χ0) is 16.4. The van der Waals surface area contributed by atoms with Gasteiger partial charge >= 0.3 is 0 Å². The van der Waals surface area contributed by atoms with Crippen LogP contribution in [0.15, 0.2) is 17.8 Å². The van der Waals surface area contributed by atoms with E-state index in [4.69, 9.17) is 0 Å². The summed E-state index contributed by atoms with van der Waals surface area (Å²) >= 11 is 1.68. The van der Waals surface area contributed by atoms with E-state index in [1.165, 1.54) is 12.8 Å². The van der Waals surface area contributed by atoms with Crippen LogP contribution in [0.3, 0.4) is 0 Å². The van der Waals surface area contributed by atoms with E-state index in [0.29, 0.717) is 17.8 Å². The van der Waals surface area contributed by atoms with E-state index in [0.717, 1.165) is 43.9 Å². The highest BCUT2D eigenvalue weighted by atomic mass is 32.1. The second-order valence-corrected chi connectivity index (χ2v) is 7.44. The van der Waals surface area contributed by atoms with Crippen molar-refractivity contribution < 1.29 is 4.79 Å². The number of hydrogen-bond acceptors (Lipinski definition) is 6. The smallest absolute Gasteiger partial charge is 0.273 e. The van der Waals surface area contributed by atoms with Gasteiger partial charge < -0.3 is 10.2 Å². The van der Waals surface area contributed by atoms with Crippen LogP contribution in [0, 0.1) is 0 Å². The first-order valence-corrected chi connectivity index (χ1v) is 9.55. The fourth-order valence-electron chi connectivity index (χ4n) is 3.58. The SMILES string of the molecule is O=C(NC1CCCC1)c1cn(C2CCN(c3nccs3)CC2)nn1. The van der Waals surface area contributed by atoms with Crippen LogP contribution in [0.2, 0.25) is 0 Å². The van der Waals surface area contributed by atoms with E-state index < -0.39 is 0 Å². The molecule has 8 heteroatoms. The number of amides is 1. The van der Waals surface area contributed by atoms with Gasteiger partial charge in [-0.2, -0.15) is 0 Å². The van der Waals surface area contributed by atoms with E-state index in [1.54, 1.807) is 17.5 Å². The summed E-state index contributed by atoms with van der Waals surface area (Å²) in [5.74, 6) is -0.0895. The highest BCUT2D eigenvalue weighted by molar-refractivity contribution is 7.13. The molecule has 2 aromatic heterocycles. The zero-order valence-corrected chi connectivity index (χ0v) is 14.4. The molecule has 2 aliphatic rings. The summed E-state index contributed by atoms with van der Waals surface area (Å²) in [5, 5.41) is 14.4. The molecular weight excluding hydrogens is 324 g/mol. The average Bonchev–Trinajstić information content (AvgIpc) is 3.36. The number of carbonyl (C=O) groups excluding carboxylic acids is 1. The number of nitrogens with zero attached hydrogens (tertiary/aromatic N) is 5. The van der Waals surface area contributed by atoms with Gasteiger partial charge in [0.2, 0.25) is 0 Å². The molecule has 1 aliphatic carbocycles. The van der Waals surface area contributed by atoms with Crippen LogP contribution in [0.25, 0.3) is 0 Å². The number of anilines is 1. The third-order valence-electron chi connectivity index (χ3n) is 4.96. The first-order valence-electron chi connectivity index (χ1n) is 8.67.